The van der Waals surface area contributed by atoms with Crippen LogP contribution in [0.4, 0.5) is 4.39 Å². The molecule has 0 aliphatic carbocycles. The van der Waals surface area contributed by atoms with Crippen LogP contribution in [0.1, 0.15) is 25.3 Å². The number of hydrogen-bond acceptors (Lipinski definition) is 1. The minimum Gasteiger partial charge on any atom is -0.311 e. The molecule has 1 aromatic carbocycles. The van der Waals surface area contributed by atoms with Gasteiger partial charge >= 0.3 is 0 Å². The van der Waals surface area contributed by atoms with Gasteiger partial charge in [0.1, 0.15) is 5.82 Å². The van der Waals surface area contributed by atoms with Crippen LogP contribution < -0.4 is 5.32 Å². The molecule has 1 heterocycles. The van der Waals surface area contributed by atoms with E-state index in [2.05, 4.69) is 12.2 Å². The van der Waals surface area contributed by atoms with Gasteiger partial charge in [0, 0.05) is 5.54 Å². The average Bonchev–Trinajstić information content (AvgIpc) is 2.51. The highest BCUT2D eigenvalue weighted by Crippen LogP contribution is 2.23. The molecule has 1 aliphatic rings. The molecule has 0 aromatic heterocycles. The summed E-state index contributed by atoms with van der Waals surface area (Å²) in [5, 5.41) is 3.48. The zero-order chi connectivity index (χ0) is 10.0. The smallest absolute Gasteiger partial charge is 0.123 e. The van der Waals surface area contributed by atoms with Crippen LogP contribution in [0.5, 0.6) is 0 Å². The van der Waals surface area contributed by atoms with Crippen molar-refractivity contribution in [2.45, 2.75) is 31.7 Å². The first-order valence-electron chi connectivity index (χ1n) is 5.17. The lowest BCUT2D eigenvalue weighted by molar-refractivity contribution is 0.412. The molecular formula is C12H16FN. The number of rotatable bonds is 2. The Morgan fingerprint density at radius 3 is 3.00 bits per heavy atom. The summed E-state index contributed by atoms with van der Waals surface area (Å²) in [6, 6.07) is 6.90. The molecule has 0 radical (unpaired) electrons. The van der Waals surface area contributed by atoms with Gasteiger partial charge in [0.15, 0.2) is 0 Å². The van der Waals surface area contributed by atoms with E-state index in [9.17, 15) is 4.39 Å². The van der Waals surface area contributed by atoms with Gasteiger partial charge in [-0.2, -0.15) is 0 Å². The van der Waals surface area contributed by atoms with E-state index < -0.39 is 0 Å². The third-order valence-electron chi connectivity index (χ3n) is 2.94. The van der Waals surface area contributed by atoms with Crippen LogP contribution in [0.2, 0.25) is 0 Å². The van der Waals surface area contributed by atoms with Crippen LogP contribution in [0.3, 0.4) is 0 Å². The van der Waals surface area contributed by atoms with E-state index in [-0.39, 0.29) is 11.4 Å². The molecule has 1 aromatic rings. The van der Waals surface area contributed by atoms with Crippen LogP contribution in [-0.2, 0) is 6.42 Å². The molecule has 76 valence electrons. The molecule has 14 heavy (non-hydrogen) atoms. The molecule has 1 nitrogen and oxygen atoms in total. The van der Waals surface area contributed by atoms with Crippen molar-refractivity contribution in [3.63, 3.8) is 0 Å². The van der Waals surface area contributed by atoms with Crippen molar-refractivity contribution < 1.29 is 4.39 Å². The summed E-state index contributed by atoms with van der Waals surface area (Å²) in [6.07, 6.45) is 3.33. The minimum atomic E-state index is -0.135. The molecule has 0 amide bonds. The number of benzene rings is 1. The maximum Gasteiger partial charge on any atom is 0.123 e. The minimum absolute atomic E-state index is 0.135. The van der Waals surface area contributed by atoms with Gasteiger partial charge in [-0.15, -0.1) is 0 Å². The molecule has 2 rings (SSSR count). The maximum absolute atomic E-state index is 12.9. The number of hydrogen-bond donors (Lipinski definition) is 1. The summed E-state index contributed by atoms with van der Waals surface area (Å²) in [5.74, 6) is -0.135. The molecule has 0 spiro atoms. The largest absolute Gasteiger partial charge is 0.311 e. The predicted molar refractivity (Wildman–Crippen MR) is 55.7 cm³/mol. The standard InChI is InChI=1S/C12H16FN/c1-12(6-3-7-14-12)9-10-4-2-5-11(13)8-10/h2,4-5,8,14H,3,6-7,9H2,1H3/t12-/m0/s1. The van der Waals surface area contributed by atoms with Gasteiger partial charge in [-0.05, 0) is 50.4 Å². The fourth-order valence-electron chi connectivity index (χ4n) is 2.21. The van der Waals surface area contributed by atoms with Crippen molar-refractivity contribution >= 4 is 0 Å². The van der Waals surface area contributed by atoms with E-state index in [1.165, 1.54) is 18.9 Å². The van der Waals surface area contributed by atoms with Crippen LogP contribution in [-0.4, -0.2) is 12.1 Å². The quantitative estimate of drug-likeness (QED) is 0.761. The van der Waals surface area contributed by atoms with Gasteiger partial charge in [-0.25, -0.2) is 4.39 Å². The Bertz CT molecular complexity index is 316. The van der Waals surface area contributed by atoms with Crippen molar-refractivity contribution in [2.24, 2.45) is 0 Å². The Hall–Kier alpha value is -0.890. The summed E-state index contributed by atoms with van der Waals surface area (Å²) in [6.45, 7) is 3.30. The summed E-state index contributed by atoms with van der Waals surface area (Å²) < 4.78 is 12.9. The van der Waals surface area contributed by atoms with Crippen molar-refractivity contribution in [1.82, 2.24) is 5.32 Å². The first-order chi connectivity index (χ1) is 6.68. The lowest BCUT2D eigenvalue weighted by Gasteiger charge is -2.24. The predicted octanol–water partition coefficient (Wildman–Crippen LogP) is 2.51. The lowest BCUT2D eigenvalue weighted by Crippen LogP contribution is -2.38. The highest BCUT2D eigenvalue weighted by atomic mass is 19.1. The number of halogens is 1. The number of nitrogens with one attached hydrogen (secondary N) is 1. The zero-order valence-corrected chi connectivity index (χ0v) is 8.52. The molecule has 2 heteroatoms. The second-order valence-corrected chi connectivity index (χ2v) is 4.40. The summed E-state index contributed by atoms with van der Waals surface area (Å²) in [7, 11) is 0. The fourth-order valence-corrected chi connectivity index (χ4v) is 2.21. The molecule has 1 N–H and O–H groups in total. The molecule has 0 saturated carbocycles. The Morgan fingerprint density at radius 1 is 1.50 bits per heavy atom. The van der Waals surface area contributed by atoms with E-state index in [4.69, 9.17) is 0 Å². The van der Waals surface area contributed by atoms with Crippen LogP contribution in [0.25, 0.3) is 0 Å². The molecule has 1 fully saturated rings. The van der Waals surface area contributed by atoms with E-state index in [0.717, 1.165) is 18.5 Å². The van der Waals surface area contributed by atoms with Gasteiger partial charge in [0.2, 0.25) is 0 Å². The third-order valence-corrected chi connectivity index (χ3v) is 2.94. The van der Waals surface area contributed by atoms with Crippen LogP contribution >= 0.6 is 0 Å². The molecule has 0 unspecified atom stereocenters. The van der Waals surface area contributed by atoms with Gasteiger partial charge in [0.05, 0.1) is 0 Å². The summed E-state index contributed by atoms with van der Waals surface area (Å²) in [5.41, 5.74) is 1.26. The van der Waals surface area contributed by atoms with E-state index in [0.29, 0.717) is 0 Å². The molecular weight excluding hydrogens is 177 g/mol. The van der Waals surface area contributed by atoms with Crippen molar-refractivity contribution in [1.29, 1.82) is 0 Å². The van der Waals surface area contributed by atoms with E-state index in [1.54, 1.807) is 12.1 Å². The molecule has 1 saturated heterocycles. The van der Waals surface area contributed by atoms with E-state index in [1.807, 2.05) is 6.07 Å². The zero-order valence-electron chi connectivity index (χ0n) is 8.52. The van der Waals surface area contributed by atoms with Crippen LogP contribution in [0, 0.1) is 5.82 Å². The monoisotopic (exact) mass is 193 g/mol. The first kappa shape index (κ1) is 9.66. The van der Waals surface area contributed by atoms with Gasteiger partial charge in [-0.1, -0.05) is 12.1 Å². The maximum atomic E-state index is 12.9. The first-order valence-corrected chi connectivity index (χ1v) is 5.17. The Morgan fingerprint density at radius 2 is 2.36 bits per heavy atom. The Kier molecular flexibility index (Phi) is 2.55. The molecule has 1 atom stereocenters. The molecule has 1 aliphatic heterocycles. The lowest BCUT2D eigenvalue weighted by atomic mass is 9.91. The second-order valence-electron chi connectivity index (χ2n) is 4.40. The summed E-state index contributed by atoms with van der Waals surface area (Å²) in [4.78, 5) is 0. The average molecular weight is 193 g/mol. The van der Waals surface area contributed by atoms with Gasteiger partial charge < -0.3 is 5.32 Å². The fraction of sp³-hybridized carbons (Fsp3) is 0.500. The topological polar surface area (TPSA) is 12.0 Å². The highest BCUT2D eigenvalue weighted by molar-refractivity contribution is 5.19. The normalized spacial score (nSPS) is 26.7. The van der Waals surface area contributed by atoms with Gasteiger partial charge in [-0.3, -0.25) is 0 Å². The van der Waals surface area contributed by atoms with Crippen LogP contribution in [0.15, 0.2) is 24.3 Å². The highest BCUT2D eigenvalue weighted by Gasteiger charge is 2.27. The summed E-state index contributed by atoms with van der Waals surface area (Å²) >= 11 is 0. The van der Waals surface area contributed by atoms with Gasteiger partial charge in [0.25, 0.3) is 0 Å². The van der Waals surface area contributed by atoms with E-state index >= 15 is 0 Å². The SMILES string of the molecule is C[C@@]1(Cc2cccc(F)c2)CCCN1. The van der Waals surface area contributed by atoms with Crippen molar-refractivity contribution in [2.75, 3.05) is 6.54 Å². The third kappa shape index (κ3) is 2.13. The Balaban J connectivity index is 2.10. The second kappa shape index (κ2) is 3.70. The Labute approximate surface area is 84.3 Å². The molecule has 0 bridgehead atoms. The van der Waals surface area contributed by atoms with Crippen molar-refractivity contribution in [3.05, 3.63) is 35.6 Å². The van der Waals surface area contributed by atoms with Crippen molar-refractivity contribution in [3.8, 4) is 0 Å².